The van der Waals surface area contributed by atoms with Crippen LogP contribution in [0.3, 0.4) is 0 Å². The quantitative estimate of drug-likeness (QED) is 0.534. The maximum Gasteiger partial charge on any atom is 0.341 e. The smallest absolute Gasteiger partial charge is 0.341 e. The van der Waals surface area contributed by atoms with Gasteiger partial charge >= 0.3 is 5.97 Å². The molecule has 2 N–H and O–H groups in total. The number of carbonyl (C=O) groups excluding carboxylic acids is 3. The highest BCUT2D eigenvalue weighted by Gasteiger charge is 2.35. The fraction of sp³-hybridized carbons (Fsp3) is 0.217. The van der Waals surface area contributed by atoms with E-state index in [4.69, 9.17) is 14.6 Å². The summed E-state index contributed by atoms with van der Waals surface area (Å²) in [6.45, 7) is 1.38. The van der Waals surface area contributed by atoms with Crippen LogP contribution in [-0.4, -0.2) is 53.3 Å². The molecule has 0 aliphatic carbocycles. The van der Waals surface area contributed by atoms with Gasteiger partial charge < -0.3 is 19.9 Å². The van der Waals surface area contributed by atoms with E-state index >= 15 is 0 Å². The molecular formula is C23H22N2O7S. The van der Waals surface area contributed by atoms with Crippen LogP contribution >= 0.6 is 11.8 Å². The first-order valence-electron chi connectivity index (χ1n) is 9.91. The summed E-state index contributed by atoms with van der Waals surface area (Å²) in [7, 11) is 1.41. The predicted molar refractivity (Wildman–Crippen MR) is 123 cm³/mol. The summed E-state index contributed by atoms with van der Waals surface area (Å²) in [6, 6.07) is 12.0. The molecule has 172 valence electrons. The molecule has 0 saturated carbocycles. The summed E-state index contributed by atoms with van der Waals surface area (Å²) < 4.78 is 10.4. The topological polar surface area (TPSA) is 122 Å². The summed E-state index contributed by atoms with van der Waals surface area (Å²) in [5.41, 5.74) is 2.28. The molecule has 0 unspecified atom stereocenters. The van der Waals surface area contributed by atoms with Gasteiger partial charge in [-0.15, -0.1) is 0 Å². The lowest BCUT2D eigenvalue weighted by molar-refractivity contribution is -0.139. The second kappa shape index (κ2) is 10.7. The van der Waals surface area contributed by atoms with Crippen LogP contribution < -0.4 is 14.8 Å². The van der Waals surface area contributed by atoms with Crippen LogP contribution in [0.2, 0.25) is 0 Å². The number of nitrogens with one attached hydrogen (secondary N) is 1. The van der Waals surface area contributed by atoms with Crippen LogP contribution in [0.1, 0.15) is 17.5 Å². The van der Waals surface area contributed by atoms with Crippen molar-refractivity contribution in [2.75, 3.05) is 25.6 Å². The molecule has 0 spiro atoms. The van der Waals surface area contributed by atoms with Gasteiger partial charge in [-0.2, -0.15) is 0 Å². The fourth-order valence-electron chi connectivity index (χ4n) is 2.95. The molecule has 0 bridgehead atoms. The Labute approximate surface area is 194 Å². The first-order valence-corrected chi connectivity index (χ1v) is 10.7. The predicted octanol–water partition coefficient (Wildman–Crippen LogP) is 3.53. The van der Waals surface area contributed by atoms with Crippen LogP contribution in [0, 0.1) is 6.92 Å². The maximum absolute atomic E-state index is 12.7. The monoisotopic (exact) mass is 470 g/mol. The molecular weight excluding hydrogens is 448 g/mol. The number of carboxylic acid groups (broad SMARTS) is 1. The number of ether oxygens (including phenoxy) is 2. The molecule has 33 heavy (non-hydrogen) atoms. The van der Waals surface area contributed by atoms with Gasteiger partial charge in [0, 0.05) is 18.7 Å². The van der Waals surface area contributed by atoms with Crippen molar-refractivity contribution >= 4 is 46.5 Å². The molecule has 1 saturated heterocycles. The molecule has 9 nitrogen and oxygen atoms in total. The SMILES string of the molecule is COc1cc(/C=C2\SC(=O)N(CCC(=O)Nc3ccc(C)cc3)C2=O)ccc1OCC(=O)O. The fourth-order valence-corrected chi connectivity index (χ4v) is 3.82. The van der Waals surface area contributed by atoms with Crippen LogP contribution in [-0.2, 0) is 14.4 Å². The first kappa shape index (κ1) is 23.9. The number of nitrogens with zero attached hydrogens (tertiary/aromatic N) is 1. The zero-order chi connectivity index (χ0) is 24.0. The zero-order valence-electron chi connectivity index (χ0n) is 18.0. The molecule has 1 heterocycles. The lowest BCUT2D eigenvalue weighted by Gasteiger charge is -2.12. The molecule has 2 aromatic rings. The Hall–Kier alpha value is -3.79. The van der Waals surface area contributed by atoms with E-state index in [0.29, 0.717) is 11.3 Å². The molecule has 0 atom stereocenters. The van der Waals surface area contributed by atoms with Crippen LogP contribution in [0.15, 0.2) is 47.4 Å². The van der Waals surface area contributed by atoms with Gasteiger partial charge in [0.15, 0.2) is 18.1 Å². The number of hydrogen-bond donors (Lipinski definition) is 2. The normalized spacial score (nSPS) is 14.5. The van der Waals surface area contributed by atoms with E-state index in [1.54, 1.807) is 24.3 Å². The van der Waals surface area contributed by atoms with E-state index in [0.717, 1.165) is 22.2 Å². The number of rotatable bonds is 9. The third-order valence-corrected chi connectivity index (χ3v) is 5.52. The average Bonchev–Trinajstić information content (AvgIpc) is 3.05. The minimum atomic E-state index is -1.12. The Morgan fingerprint density at radius 2 is 1.85 bits per heavy atom. The number of carbonyl (C=O) groups is 4. The highest BCUT2D eigenvalue weighted by molar-refractivity contribution is 8.18. The molecule has 3 rings (SSSR count). The number of carboxylic acids is 1. The Kier molecular flexibility index (Phi) is 7.73. The van der Waals surface area contributed by atoms with Crippen molar-refractivity contribution in [2.45, 2.75) is 13.3 Å². The molecule has 1 aliphatic rings. The molecule has 2 aromatic carbocycles. The number of amides is 3. The zero-order valence-corrected chi connectivity index (χ0v) is 18.8. The maximum atomic E-state index is 12.7. The average molecular weight is 471 g/mol. The van der Waals surface area contributed by atoms with Gasteiger partial charge in [-0.05, 0) is 54.6 Å². The Morgan fingerprint density at radius 3 is 2.52 bits per heavy atom. The summed E-state index contributed by atoms with van der Waals surface area (Å²) >= 11 is 0.783. The molecule has 3 amide bonds. The third-order valence-electron chi connectivity index (χ3n) is 4.61. The van der Waals surface area contributed by atoms with E-state index in [1.165, 1.54) is 19.3 Å². The van der Waals surface area contributed by atoms with Crippen molar-refractivity contribution in [3.8, 4) is 11.5 Å². The van der Waals surface area contributed by atoms with Crippen LogP contribution in [0.5, 0.6) is 11.5 Å². The molecule has 1 aliphatic heterocycles. The van der Waals surface area contributed by atoms with Gasteiger partial charge in [0.2, 0.25) is 5.91 Å². The van der Waals surface area contributed by atoms with Gasteiger partial charge in [0.1, 0.15) is 0 Å². The molecule has 10 heteroatoms. The molecule has 0 radical (unpaired) electrons. The molecule has 0 aromatic heterocycles. The van der Waals surface area contributed by atoms with Gasteiger partial charge in [-0.25, -0.2) is 4.79 Å². The van der Waals surface area contributed by atoms with Crippen LogP contribution in [0.4, 0.5) is 10.5 Å². The van der Waals surface area contributed by atoms with E-state index in [1.807, 2.05) is 19.1 Å². The Balaban J connectivity index is 1.63. The highest BCUT2D eigenvalue weighted by atomic mass is 32.2. The van der Waals surface area contributed by atoms with Gasteiger partial charge in [0.05, 0.1) is 12.0 Å². The Bertz CT molecular complexity index is 1110. The molecule has 1 fully saturated rings. The van der Waals surface area contributed by atoms with E-state index < -0.39 is 23.7 Å². The standard InChI is InChI=1S/C23H22N2O7S/c1-14-3-6-16(7-4-14)24-20(26)9-10-25-22(29)19(33-23(25)30)12-15-5-8-17(18(11-15)31-2)32-13-21(27)28/h3-8,11-12H,9-10,13H2,1-2H3,(H,24,26)(H,27,28)/b19-12-. The van der Waals surface area contributed by atoms with E-state index in [9.17, 15) is 19.2 Å². The lowest BCUT2D eigenvalue weighted by Crippen LogP contribution is -2.31. The number of hydrogen-bond acceptors (Lipinski definition) is 7. The summed E-state index contributed by atoms with van der Waals surface area (Å²) in [6.07, 6.45) is 1.50. The summed E-state index contributed by atoms with van der Waals surface area (Å²) in [5.74, 6) is -1.38. The number of imide groups is 1. The second-order valence-corrected chi connectivity index (χ2v) is 8.08. The summed E-state index contributed by atoms with van der Waals surface area (Å²) in [4.78, 5) is 49.1. The van der Waals surface area contributed by atoms with Crippen LogP contribution in [0.25, 0.3) is 6.08 Å². The van der Waals surface area contributed by atoms with Crippen molar-refractivity contribution in [3.05, 3.63) is 58.5 Å². The number of aryl methyl sites for hydroxylation is 1. The van der Waals surface area contributed by atoms with Crippen molar-refractivity contribution in [1.29, 1.82) is 0 Å². The minimum Gasteiger partial charge on any atom is -0.493 e. The van der Waals surface area contributed by atoms with E-state index in [2.05, 4.69) is 5.32 Å². The number of aliphatic carboxylic acids is 1. The minimum absolute atomic E-state index is 0.0252. The van der Waals surface area contributed by atoms with Crippen molar-refractivity contribution in [1.82, 2.24) is 4.90 Å². The Morgan fingerprint density at radius 1 is 1.12 bits per heavy atom. The number of thioether (sulfide) groups is 1. The lowest BCUT2D eigenvalue weighted by atomic mass is 10.2. The summed E-state index contributed by atoms with van der Waals surface area (Å²) in [5, 5.41) is 11.0. The number of anilines is 1. The van der Waals surface area contributed by atoms with Gasteiger partial charge in [0.25, 0.3) is 11.1 Å². The number of benzene rings is 2. The second-order valence-electron chi connectivity index (χ2n) is 7.09. The van der Waals surface area contributed by atoms with E-state index in [-0.39, 0.29) is 35.3 Å². The van der Waals surface area contributed by atoms with Crippen molar-refractivity contribution < 1.29 is 33.8 Å². The first-order chi connectivity index (χ1) is 15.8. The van der Waals surface area contributed by atoms with Gasteiger partial charge in [-0.3, -0.25) is 19.3 Å². The van der Waals surface area contributed by atoms with Crippen molar-refractivity contribution in [3.63, 3.8) is 0 Å². The van der Waals surface area contributed by atoms with Gasteiger partial charge in [-0.1, -0.05) is 23.8 Å². The third kappa shape index (κ3) is 6.36. The van der Waals surface area contributed by atoms with Crippen molar-refractivity contribution in [2.24, 2.45) is 0 Å². The number of methoxy groups -OCH3 is 1. The largest absolute Gasteiger partial charge is 0.493 e. The highest BCUT2D eigenvalue weighted by Crippen LogP contribution is 2.34.